The number of aromatic carboxylic acids is 1. The number of nitrogens with zero attached hydrogens (tertiary/aromatic N) is 2. The third-order valence-corrected chi connectivity index (χ3v) is 6.36. The number of ether oxygens (including phenoxy) is 2. The van der Waals surface area contributed by atoms with E-state index in [9.17, 15) is 32.3 Å². The third kappa shape index (κ3) is 7.56. The molecule has 208 valence electrons. The van der Waals surface area contributed by atoms with Crippen LogP contribution in [-0.4, -0.2) is 38.9 Å². The molecule has 0 radical (unpaired) electrons. The van der Waals surface area contributed by atoms with Crippen molar-refractivity contribution in [3.63, 3.8) is 0 Å². The molecule has 0 spiro atoms. The van der Waals surface area contributed by atoms with Gasteiger partial charge in [-0.1, -0.05) is 43.2 Å². The van der Waals surface area contributed by atoms with Gasteiger partial charge in [-0.3, -0.25) is 4.79 Å². The number of hydrogen-bond acceptors (Lipinski definition) is 5. The van der Waals surface area contributed by atoms with Gasteiger partial charge in [0, 0.05) is 11.6 Å². The first kappa shape index (κ1) is 28.1. The minimum Gasteiger partial charge on any atom is -0.476 e. The summed E-state index contributed by atoms with van der Waals surface area (Å²) < 4.78 is 66.1. The molecule has 12 heteroatoms. The van der Waals surface area contributed by atoms with E-state index in [2.05, 4.69) is 10.4 Å². The smallest absolute Gasteiger partial charge is 0.416 e. The fraction of sp³-hybridized carbons (Fsp3) is 0.370. The molecule has 3 aromatic rings. The summed E-state index contributed by atoms with van der Waals surface area (Å²) >= 11 is 0. The van der Waals surface area contributed by atoms with Crippen molar-refractivity contribution < 1.29 is 41.7 Å². The van der Waals surface area contributed by atoms with Gasteiger partial charge in [0.1, 0.15) is 19.0 Å². The second-order valence-electron chi connectivity index (χ2n) is 9.21. The Balaban J connectivity index is 1.44. The number of amides is 1. The molecule has 0 bridgehead atoms. The maximum atomic E-state index is 13.6. The lowest BCUT2D eigenvalue weighted by molar-refractivity contribution is -0.138. The minimum atomic E-state index is -4.75. The van der Waals surface area contributed by atoms with Gasteiger partial charge in [0.25, 0.3) is 0 Å². The predicted molar refractivity (Wildman–Crippen MR) is 130 cm³/mol. The Labute approximate surface area is 221 Å². The van der Waals surface area contributed by atoms with Crippen LogP contribution in [0.25, 0.3) is 0 Å². The molecule has 1 aromatic heterocycles. The zero-order valence-corrected chi connectivity index (χ0v) is 20.8. The summed E-state index contributed by atoms with van der Waals surface area (Å²) in [5, 5.41) is 16.1. The molecule has 4 rings (SSSR count). The number of rotatable bonds is 10. The molecule has 0 aliphatic heterocycles. The van der Waals surface area contributed by atoms with E-state index in [1.54, 1.807) is 0 Å². The Hall–Kier alpha value is -3.93. The number of hydrogen-bond donors (Lipinski definition) is 2. The Morgan fingerprint density at radius 1 is 1.05 bits per heavy atom. The zero-order valence-electron chi connectivity index (χ0n) is 20.8. The van der Waals surface area contributed by atoms with Gasteiger partial charge >= 0.3 is 12.1 Å². The number of carbonyl (C=O) groups is 2. The third-order valence-electron chi connectivity index (χ3n) is 6.36. The molecule has 1 amide bonds. The molecule has 8 nitrogen and oxygen atoms in total. The minimum absolute atomic E-state index is 0.223. The summed E-state index contributed by atoms with van der Waals surface area (Å²) in [6.45, 7) is -0.784. The number of halogens is 4. The highest BCUT2D eigenvalue weighted by Gasteiger charge is 2.34. The number of carboxylic acid groups (broad SMARTS) is 1. The van der Waals surface area contributed by atoms with E-state index < -0.39 is 53.8 Å². The van der Waals surface area contributed by atoms with Crippen molar-refractivity contribution in [2.24, 2.45) is 0 Å². The van der Waals surface area contributed by atoms with E-state index in [0.717, 1.165) is 35.6 Å². The zero-order chi connectivity index (χ0) is 28.0. The van der Waals surface area contributed by atoms with Crippen molar-refractivity contribution in [1.29, 1.82) is 0 Å². The summed E-state index contributed by atoms with van der Waals surface area (Å²) in [4.78, 5) is 24.4. The molecule has 1 fully saturated rings. The average Bonchev–Trinajstić information content (AvgIpc) is 3.29. The normalized spacial score (nSPS) is 17.5. The van der Waals surface area contributed by atoms with Crippen LogP contribution >= 0.6 is 0 Å². The number of carboxylic acids is 1. The van der Waals surface area contributed by atoms with Crippen LogP contribution in [0.3, 0.4) is 0 Å². The van der Waals surface area contributed by atoms with E-state index in [0.29, 0.717) is 31.2 Å². The Kier molecular flexibility index (Phi) is 8.85. The molecule has 2 N–H and O–H groups in total. The SMILES string of the molecule is O=C(Cn1nc(C(=O)O)cc1OCc1cc(F)ccc1C(F)(F)F)NC1CCCCC1OCc1ccccc1. The molecule has 1 aliphatic carbocycles. The van der Waals surface area contributed by atoms with Gasteiger partial charge in [0.2, 0.25) is 11.8 Å². The van der Waals surface area contributed by atoms with Gasteiger partial charge in [-0.15, -0.1) is 0 Å². The van der Waals surface area contributed by atoms with Crippen LogP contribution in [0, 0.1) is 5.82 Å². The molecular weight excluding hydrogens is 522 g/mol. The number of aromatic nitrogens is 2. The highest BCUT2D eigenvalue weighted by molar-refractivity contribution is 5.85. The summed E-state index contributed by atoms with van der Waals surface area (Å²) in [5.41, 5.74) is -1.04. The fourth-order valence-corrected chi connectivity index (χ4v) is 4.47. The lowest BCUT2D eigenvalue weighted by atomic mass is 9.92. The Morgan fingerprint density at radius 3 is 2.51 bits per heavy atom. The monoisotopic (exact) mass is 549 g/mol. The van der Waals surface area contributed by atoms with Crippen LogP contribution in [0.2, 0.25) is 0 Å². The van der Waals surface area contributed by atoms with Crippen LogP contribution in [-0.2, 0) is 35.5 Å². The number of nitrogens with one attached hydrogen (secondary N) is 1. The van der Waals surface area contributed by atoms with E-state index in [1.807, 2.05) is 30.3 Å². The summed E-state index contributed by atoms with van der Waals surface area (Å²) in [6.07, 6.45) is -1.69. The van der Waals surface area contributed by atoms with Crippen molar-refractivity contribution >= 4 is 11.9 Å². The first-order chi connectivity index (χ1) is 18.6. The highest BCUT2D eigenvalue weighted by atomic mass is 19.4. The molecule has 1 aliphatic rings. The second kappa shape index (κ2) is 12.3. The maximum absolute atomic E-state index is 13.6. The second-order valence-corrected chi connectivity index (χ2v) is 9.21. The first-order valence-corrected chi connectivity index (χ1v) is 12.3. The highest BCUT2D eigenvalue weighted by Crippen LogP contribution is 2.33. The van der Waals surface area contributed by atoms with Gasteiger partial charge in [0.15, 0.2) is 5.69 Å². The molecule has 0 saturated heterocycles. The molecule has 2 atom stereocenters. The van der Waals surface area contributed by atoms with Crippen molar-refractivity contribution in [2.75, 3.05) is 0 Å². The van der Waals surface area contributed by atoms with Crippen molar-refractivity contribution in [1.82, 2.24) is 15.1 Å². The molecule has 1 heterocycles. The van der Waals surface area contributed by atoms with E-state index in [-0.39, 0.29) is 18.0 Å². The summed E-state index contributed by atoms with van der Waals surface area (Å²) in [7, 11) is 0. The lowest BCUT2D eigenvalue weighted by Crippen LogP contribution is -2.47. The fourth-order valence-electron chi connectivity index (χ4n) is 4.47. The van der Waals surface area contributed by atoms with E-state index in [4.69, 9.17) is 9.47 Å². The van der Waals surface area contributed by atoms with Gasteiger partial charge in [-0.25, -0.2) is 13.9 Å². The number of alkyl halides is 3. The van der Waals surface area contributed by atoms with Gasteiger partial charge < -0.3 is 19.9 Å². The summed E-state index contributed by atoms with van der Waals surface area (Å²) in [5.74, 6) is -3.05. The molecule has 1 saturated carbocycles. The number of carbonyl (C=O) groups excluding carboxylic acids is 1. The Bertz CT molecular complexity index is 1300. The average molecular weight is 550 g/mol. The Morgan fingerprint density at radius 2 is 1.79 bits per heavy atom. The standard InChI is InChI=1S/C27H27F4N3O5/c28-19-10-11-20(27(29,30)31)18(12-19)16-39-25-13-22(26(36)37)33-34(25)14-24(35)32-21-8-4-5-9-23(21)38-15-17-6-2-1-3-7-17/h1-3,6-7,10-13,21,23H,4-5,8-9,14-16H2,(H,32,35)(H,36,37). The molecule has 39 heavy (non-hydrogen) atoms. The van der Waals surface area contributed by atoms with E-state index in [1.165, 1.54) is 0 Å². The van der Waals surface area contributed by atoms with Crippen LogP contribution in [0.5, 0.6) is 5.88 Å². The quantitative estimate of drug-likeness (QED) is 0.347. The van der Waals surface area contributed by atoms with Crippen LogP contribution < -0.4 is 10.1 Å². The maximum Gasteiger partial charge on any atom is 0.416 e. The molecular formula is C27H27F4N3O5. The largest absolute Gasteiger partial charge is 0.476 e. The van der Waals surface area contributed by atoms with Gasteiger partial charge in [0.05, 0.1) is 24.3 Å². The van der Waals surface area contributed by atoms with E-state index >= 15 is 0 Å². The number of benzene rings is 2. The summed E-state index contributed by atoms with van der Waals surface area (Å²) in [6, 6.07) is 12.3. The molecule has 2 unspecified atom stereocenters. The van der Waals surface area contributed by atoms with Crippen LogP contribution in [0.4, 0.5) is 17.6 Å². The first-order valence-electron chi connectivity index (χ1n) is 12.3. The molecule has 2 aromatic carbocycles. The van der Waals surface area contributed by atoms with Crippen molar-refractivity contribution in [3.05, 3.63) is 82.8 Å². The van der Waals surface area contributed by atoms with Crippen molar-refractivity contribution in [3.8, 4) is 5.88 Å². The predicted octanol–water partition coefficient (Wildman–Crippen LogP) is 4.96. The topological polar surface area (TPSA) is 103 Å². The van der Waals surface area contributed by atoms with Crippen LogP contribution in [0.1, 0.15) is 52.9 Å². The lowest BCUT2D eigenvalue weighted by Gasteiger charge is -2.32. The van der Waals surface area contributed by atoms with Crippen LogP contribution in [0.15, 0.2) is 54.6 Å². The van der Waals surface area contributed by atoms with Gasteiger partial charge in [-0.05, 0) is 36.6 Å². The van der Waals surface area contributed by atoms with Gasteiger partial charge in [-0.2, -0.15) is 18.3 Å². The van der Waals surface area contributed by atoms with Crippen molar-refractivity contribution in [2.45, 2.75) is 63.8 Å².